The summed E-state index contributed by atoms with van der Waals surface area (Å²) in [5, 5.41) is 1.44. The number of hydrogen-bond donors (Lipinski definition) is 0. The van der Waals surface area contributed by atoms with Crippen LogP contribution in [0.15, 0.2) is 48.5 Å². The lowest BCUT2D eigenvalue weighted by molar-refractivity contribution is 0.114. The van der Waals surface area contributed by atoms with Crippen molar-refractivity contribution in [3.05, 3.63) is 65.2 Å². The fraction of sp³-hybridized carbons (Fsp3) is 0.458. The highest BCUT2D eigenvalue weighted by atomic mass is 32.2. The van der Waals surface area contributed by atoms with Gasteiger partial charge in [0.05, 0.1) is 25.4 Å². The van der Waals surface area contributed by atoms with Gasteiger partial charge in [0, 0.05) is 13.1 Å². The van der Waals surface area contributed by atoms with Crippen molar-refractivity contribution in [3.8, 4) is 5.75 Å². The fourth-order valence-electron chi connectivity index (χ4n) is 4.69. The minimum absolute atomic E-state index is 0.101. The number of carbonyl (C=O) groups is 1. The first-order valence-corrected chi connectivity index (χ1v) is 12.9. The van der Waals surface area contributed by atoms with Gasteiger partial charge in [0.2, 0.25) is 10.0 Å². The monoisotopic (exact) mass is 455 g/mol. The Hall–Kier alpha value is -2.58. The Balaban J connectivity index is 1.39. The maximum Gasteiger partial charge on any atom is 0.336 e. The van der Waals surface area contributed by atoms with Gasteiger partial charge in [0.1, 0.15) is 5.75 Å². The van der Waals surface area contributed by atoms with Crippen LogP contribution in [0.1, 0.15) is 47.9 Å². The van der Waals surface area contributed by atoms with E-state index >= 15 is 0 Å². The Morgan fingerprint density at radius 1 is 1.00 bits per heavy atom. The largest absolute Gasteiger partial charge is 0.497 e. The molecule has 3 fully saturated rings. The molecule has 2 amide bonds. The third-order valence-corrected chi connectivity index (χ3v) is 8.53. The van der Waals surface area contributed by atoms with Crippen molar-refractivity contribution in [1.29, 1.82) is 0 Å². The first kappa shape index (κ1) is 21.3. The van der Waals surface area contributed by atoms with Gasteiger partial charge in [-0.2, -0.15) is 0 Å². The van der Waals surface area contributed by atoms with E-state index < -0.39 is 10.0 Å². The van der Waals surface area contributed by atoms with Gasteiger partial charge in [-0.25, -0.2) is 18.2 Å². The van der Waals surface area contributed by atoms with Gasteiger partial charge in [0.15, 0.2) is 0 Å². The molecule has 170 valence electrons. The zero-order chi connectivity index (χ0) is 22.3. The summed E-state index contributed by atoms with van der Waals surface area (Å²) in [6.45, 7) is 1.24. The molecule has 3 aliphatic rings. The number of nitrogens with zero attached hydrogens (tertiary/aromatic N) is 3. The lowest BCUT2D eigenvalue weighted by Crippen LogP contribution is -2.46. The number of benzene rings is 2. The van der Waals surface area contributed by atoms with Crippen molar-refractivity contribution in [3.63, 3.8) is 0 Å². The van der Waals surface area contributed by atoms with E-state index in [1.807, 2.05) is 29.2 Å². The van der Waals surface area contributed by atoms with E-state index in [1.54, 1.807) is 7.11 Å². The molecule has 8 heteroatoms. The number of rotatable bonds is 7. The smallest absolute Gasteiger partial charge is 0.336 e. The van der Waals surface area contributed by atoms with Crippen molar-refractivity contribution in [2.75, 3.05) is 32.5 Å². The predicted molar refractivity (Wildman–Crippen MR) is 122 cm³/mol. The molecule has 0 N–H and O–H groups in total. The number of hydrazine groups is 1. The Bertz CT molecular complexity index is 1080. The van der Waals surface area contributed by atoms with E-state index in [2.05, 4.69) is 24.3 Å². The Morgan fingerprint density at radius 3 is 2.28 bits per heavy atom. The van der Waals surface area contributed by atoms with Gasteiger partial charge in [-0.3, -0.25) is 0 Å². The topological polar surface area (TPSA) is 70.2 Å². The molecule has 2 aromatic rings. The van der Waals surface area contributed by atoms with Gasteiger partial charge in [-0.1, -0.05) is 36.4 Å². The third-order valence-electron chi connectivity index (χ3n) is 6.70. The standard InChI is InChI=1S/C24H29N3O4S/c1-31-22-11-3-18(4-12-22)13-15-25-23(21-9-7-20(8-10-21)19-5-6-19)17-26(24(25)28)27-14-2-16-32(27,29)30/h3-4,7-12,19,23H,2,5-6,13-17H2,1H3. The van der Waals surface area contributed by atoms with E-state index in [-0.39, 0.29) is 17.8 Å². The first-order chi connectivity index (χ1) is 15.5. The summed E-state index contributed by atoms with van der Waals surface area (Å²) in [7, 11) is -1.78. The van der Waals surface area contributed by atoms with Crippen LogP contribution >= 0.6 is 0 Å². The second-order valence-corrected chi connectivity index (χ2v) is 10.8. The van der Waals surface area contributed by atoms with Crippen molar-refractivity contribution in [1.82, 2.24) is 14.3 Å². The summed E-state index contributed by atoms with van der Waals surface area (Å²) < 4.78 is 31.5. The zero-order valence-electron chi connectivity index (χ0n) is 18.3. The highest BCUT2D eigenvalue weighted by Gasteiger charge is 2.45. The molecule has 1 atom stereocenters. The minimum atomic E-state index is -3.42. The van der Waals surface area contributed by atoms with Crippen LogP contribution in [-0.2, 0) is 16.4 Å². The number of urea groups is 1. The van der Waals surface area contributed by atoms with Crippen LogP contribution in [0, 0.1) is 0 Å². The molecular formula is C24H29N3O4S. The van der Waals surface area contributed by atoms with Crippen LogP contribution in [0.5, 0.6) is 5.75 Å². The summed E-state index contributed by atoms with van der Waals surface area (Å²) in [4.78, 5) is 15.2. The van der Waals surface area contributed by atoms with Crippen LogP contribution in [0.4, 0.5) is 4.79 Å². The molecule has 2 aliphatic heterocycles. The molecule has 1 aliphatic carbocycles. The SMILES string of the molecule is COc1ccc(CCN2C(=O)N(N3CCCS3(=O)=O)CC2c2ccc(C3CC3)cc2)cc1. The second-order valence-electron chi connectivity index (χ2n) is 8.83. The van der Waals surface area contributed by atoms with Crippen LogP contribution in [0.25, 0.3) is 0 Å². The molecule has 0 bridgehead atoms. The number of ether oxygens (including phenoxy) is 1. The van der Waals surface area contributed by atoms with Gasteiger partial charge < -0.3 is 9.64 Å². The van der Waals surface area contributed by atoms with Crippen molar-refractivity contribution < 1.29 is 17.9 Å². The van der Waals surface area contributed by atoms with Crippen LogP contribution in [0.2, 0.25) is 0 Å². The first-order valence-electron chi connectivity index (χ1n) is 11.3. The van der Waals surface area contributed by atoms with Crippen molar-refractivity contribution in [2.45, 2.75) is 37.6 Å². The zero-order valence-corrected chi connectivity index (χ0v) is 19.1. The lowest BCUT2D eigenvalue weighted by Gasteiger charge is -2.26. The molecule has 1 saturated carbocycles. The molecule has 0 radical (unpaired) electrons. The molecule has 5 rings (SSSR count). The minimum Gasteiger partial charge on any atom is -0.497 e. The van der Waals surface area contributed by atoms with Gasteiger partial charge in [-0.15, -0.1) is 4.41 Å². The maximum atomic E-state index is 13.4. The molecule has 7 nitrogen and oxygen atoms in total. The summed E-state index contributed by atoms with van der Waals surface area (Å²) in [6, 6.07) is 16.0. The van der Waals surface area contributed by atoms with Crippen LogP contribution in [0.3, 0.4) is 0 Å². The number of methoxy groups -OCH3 is 1. The summed E-state index contributed by atoms with van der Waals surface area (Å²) in [6.07, 6.45) is 3.73. The van der Waals surface area contributed by atoms with E-state index in [0.717, 1.165) is 16.9 Å². The maximum absolute atomic E-state index is 13.4. The summed E-state index contributed by atoms with van der Waals surface area (Å²) in [5.41, 5.74) is 3.51. The summed E-state index contributed by atoms with van der Waals surface area (Å²) >= 11 is 0. The van der Waals surface area contributed by atoms with Gasteiger partial charge >= 0.3 is 6.03 Å². The number of carbonyl (C=O) groups excluding carboxylic acids is 1. The van der Waals surface area contributed by atoms with E-state index in [1.165, 1.54) is 27.8 Å². The van der Waals surface area contributed by atoms with Crippen molar-refractivity contribution in [2.24, 2.45) is 0 Å². The van der Waals surface area contributed by atoms with Crippen molar-refractivity contribution >= 4 is 16.1 Å². The highest BCUT2D eigenvalue weighted by Crippen LogP contribution is 2.41. The Kier molecular flexibility index (Phi) is 5.59. The van der Waals surface area contributed by atoms with Crippen LogP contribution in [-0.4, -0.2) is 61.3 Å². The third kappa shape index (κ3) is 4.09. The molecule has 0 spiro atoms. The second kappa shape index (κ2) is 8.41. The van der Waals surface area contributed by atoms with E-state index in [9.17, 15) is 13.2 Å². The Labute approximate surface area is 189 Å². The molecule has 32 heavy (non-hydrogen) atoms. The molecule has 0 aromatic heterocycles. The van der Waals surface area contributed by atoms with E-state index in [4.69, 9.17) is 4.74 Å². The molecule has 2 saturated heterocycles. The molecule has 2 heterocycles. The van der Waals surface area contributed by atoms with E-state index in [0.29, 0.717) is 38.4 Å². The normalized spacial score (nSPS) is 23.2. The number of hydrogen-bond acceptors (Lipinski definition) is 4. The quantitative estimate of drug-likeness (QED) is 0.640. The Morgan fingerprint density at radius 2 is 1.69 bits per heavy atom. The predicted octanol–water partition coefficient (Wildman–Crippen LogP) is 3.54. The van der Waals surface area contributed by atoms with Gasteiger partial charge in [-0.05, 0) is 60.4 Å². The average molecular weight is 456 g/mol. The molecule has 1 unspecified atom stereocenters. The van der Waals surface area contributed by atoms with Gasteiger partial charge in [0.25, 0.3) is 0 Å². The molecular weight excluding hydrogens is 426 g/mol. The fourth-order valence-corrected chi connectivity index (χ4v) is 6.24. The lowest BCUT2D eigenvalue weighted by atomic mass is 10.0. The number of sulfonamides is 1. The highest BCUT2D eigenvalue weighted by molar-refractivity contribution is 7.89. The molecule has 2 aromatic carbocycles. The number of amides is 2. The summed E-state index contributed by atoms with van der Waals surface area (Å²) in [5.74, 6) is 1.57. The van der Waals surface area contributed by atoms with Crippen LogP contribution < -0.4 is 4.74 Å². The average Bonchev–Trinajstić information content (AvgIpc) is 3.52.